The van der Waals surface area contributed by atoms with Crippen molar-refractivity contribution in [1.29, 1.82) is 0 Å². The first kappa shape index (κ1) is 23.9. The van der Waals surface area contributed by atoms with Crippen molar-refractivity contribution in [3.63, 3.8) is 0 Å². The molecular formula is C28H28N2O5. The van der Waals surface area contributed by atoms with Crippen LogP contribution in [0.3, 0.4) is 0 Å². The lowest BCUT2D eigenvalue weighted by molar-refractivity contribution is -0.116. The Hall–Kier alpha value is -4.26. The van der Waals surface area contributed by atoms with Crippen molar-refractivity contribution in [3.05, 3.63) is 90.2 Å². The molecule has 4 rings (SSSR count). The number of para-hydroxylation sites is 4. The lowest BCUT2D eigenvalue weighted by atomic mass is 10.1. The molecule has 7 nitrogen and oxygen atoms in total. The lowest BCUT2D eigenvalue weighted by Gasteiger charge is -2.21. The summed E-state index contributed by atoms with van der Waals surface area (Å²) in [4.78, 5) is 28.0. The summed E-state index contributed by atoms with van der Waals surface area (Å²) in [6.07, 6.45) is 0.684. The highest BCUT2D eigenvalue weighted by Gasteiger charge is 2.27. The van der Waals surface area contributed by atoms with E-state index in [0.29, 0.717) is 41.3 Å². The molecule has 0 atom stereocenters. The van der Waals surface area contributed by atoms with Gasteiger partial charge in [-0.1, -0.05) is 55.5 Å². The van der Waals surface area contributed by atoms with Crippen molar-refractivity contribution < 1.29 is 23.5 Å². The zero-order valence-corrected chi connectivity index (χ0v) is 19.8. The number of furan rings is 1. The molecule has 0 aliphatic carbocycles. The van der Waals surface area contributed by atoms with Gasteiger partial charge in [-0.15, -0.1) is 0 Å². The fraction of sp³-hybridized carbons (Fsp3) is 0.214. The molecule has 7 heteroatoms. The van der Waals surface area contributed by atoms with E-state index in [9.17, 15) is 9.59 Å². The summed E-state index contributed by atoms with van der Waals surface area (Å²) in [6, 6.07) is 24.0. The van der Waals surface area contributed by atoms with Crippen molar-refractivity contribution >= 4 is 28.5 Å². The van der Waals surface area contributed by atoms with Gasteiger partial charge in [0.2, 0.25) is 5.91 Å². The molecule has 0 unspecified atom stereocenters. The Kier molecular flexibility index (Phi) is 7.67. The van der Waals surface area contributed by atoms with Gasteiger partial charge in [0.25, 0.3) is 5.91 Å². The van der Waals surface area contributed by atoms with E-state index in [0.717, 1.165) is 5.39 Å². The summed E-state index contributed by atoms with van der Waals surface area (Å²) in [5, 5.41) is 3.64. The summed E-state index contributed by atoms with van der Waals surface area (Å²) in [7, 11) is 1.54. The van der Waals surface area contributed by atoms with Crippen molar-refractivity contribution in [3.8, 4) is 11.5 Å². The fourth-order valence-corrected chi connectivity index (χ4v) is 3.86. The number of benzene rings is 3. The molecule has 0 saturated carbocycles. The van der Waals surface area contributed by atoms with Crippen LogP contribution in [-0.2, 0) is 11.4 Å². The number of hydrogen-bond donors (Lipinski definition) is 1. The summed E-state index contributed by atoms with van der Waals surface area (Å²) in [5.74, 6) is 0.740. The average Bonchev–Trinajstić information content (AvgIpc) is 3.26. The van der Waals surface area contributed by atoms with Gasteiger partial charge < -0.3 is 24.1 Å². The smallest absolute Gasteiger partial charge is 0.290 e. The number of hydrogen-bond acceptors (Lipinski definition) is 5. The molecule has 180 valence electrons. The summed E-state index contributed by atoms with van der Waals surface area (Å²) < 4.78 is 17.2. The minimum atomic E-state index is -0.357. The molecule has 0 aliphatic heterocycles. The summed E-state index contributed by atoms with van der Waals surface area (Å²) in [5.41, 5.74) is 1.79. The Morgan fingerprint density at radius 2 is 1.66 bits per heavy atom. The van der Waals surface area contributed by atoms with E-state index in [-0.39, 0.29) is 30.7 Å². The predicted molar refractivity (Wildman–Crippen MR) is 135 cm³/mol. The second-order valence-corrected chi connectivity index (χ2v) is 7.98. The van der Waals surface area contributed by atoms with Crippen molar-refractivity contribution in [1.82, 2.24) is 4.90 Å². The van der Waals surface area contributed by atoms with Crippen LogP contribution in [0.25, 0.3) is 11.0 Å². The molecule has 4 aromatic rings. The topological polar surface area (TPSA) is 81.0 Å². The number of rotatable bonds is 10. The van der Waals surface area contributed by atoms with E-state index in [2.05, 4.69) is 5.32 Å². The number of carbonyl (C=O) groups excluding carboxylic acids is 2. The van der Waals surface area contributed by atoms with E-state index >= 15 is 0 Å². The Bertz CT molecular complexity index is 1300. The van der Waals surface area contributed by atoms with Crippen molar-refractivity contribution in [2.45, 2.75) is 20.0 Å². The van der Waals surface area contributed by atoms with Crippen LogP contribution in [0.1, 0.15) is 29.5 Å². The van der Waals surface area contributed by atoms with Gasteiger partial charge in [0, 0.05) is 17.5 Å². The number of nitrogens with zero attached hydrogens (tertiary/aromatic N) is 1. The third kappa shape index (κ3) is 5.63. The van der Waals surface area contributed by atoms with Crippen LogP contribution in [0.4, 0.5) is 5.69 Å². The number of fused-ring (bicyclic) bond motifs is 1. The SMILES string of the molecule is CCCN(CC(=O)Nc1ccccc1OC)C(=O)c1oc2ccccc2c1COc1ccccc1. The number of amides is 2. The van der Waals surface area contributed by atoms with Crippen LogP contribution in [0.5, 0.6) is 11.5 Å². The zero-order valence-electron chi connectivity index (χ0n) is 19.8. The van der Waals surface area contributed by atoms with E-state index in [1.165, 1.54) is 4.90 Å². The average molecular weight is 473 g/mol. The minimum Gasteiger partial charge on any atom is -0.495 e. The van der Waals surface area contributed by atoms with Crippen LogP contribution in [0.15, 0.2) is 83.3 Å². The second kappa shape index (κ2) is 11.2. The van der Waals surface area contributed by atoms with Crippen molar-refractivity contribution in [2.24, 2.45) is 0 Å². The third-order valence-electron chi connectivity index (χ3n) is 5.52. The van der Waals surface area contributed by atoms with Crippen LogP contribution in [0, 0.1) is 0 Å². The molecule has 1 heterocycles. The van der Waals surface area contributed by atoms with Crippen LogP contribution in [0.2, 0.25) is 0 Å². The Morgan fingerprint density at radius 3 is 2.43 bits per heavy atom. The largest absolute Gasteiger partial charge is 0.495 e. The van der Waals surface area contributed by atoms with Gasteiger partial charge in [-0.05, 0) is 36.8 Å². The highest BCUT2D eigenvalue weighted by atomic mass is 16.5. The minimum absolute atomic E-state index is 0.124. The van der Waals surface area contributed by atoms with Crippen LogP contribution >= 0.6 is 0 Å². The van der Waals surface area contributed by atoms with Gasteiger partial charge in [-0.2, -0.15) is 0 Å². The molecule has 0 fully saturated rings. The Morgan fingerprint density at radius 1 is 0.943 bits per heavy atom. The maximum absolute atomic E-state index is 13.6. The molecule has 0 spiro atoms. The van der Waals surface area contributed by atoms with E-state index in [1.54, 1.807) is 25.3 Å². The Balaban J connectivity index is 1.58. The van der Waals surface area contributed by atoms with E-state index in [4.69, 9.17) is 13.9 Å². The molecule has 1 aromatic heterocycles. The monoisotopic (exact) mass is 472 g/mol. The normalized spacial score (nSPS) is 10.7. The molecule has 3 aromatic carbocycles. The maximum atomic E-state index is 13.6. The molecule has 0 saturated heterocycles. The summed E-state index contributed by atoms with van der Waals surface area (Å²) >= 11 is 0. The molecule has 0 aliphatic rings. The quantitative estimate of drug-likeness (QED) is 0.329. The van der Waals surface area contributed by atoms with Gasteiger partial charge in [-0.3, -0.25) is 9.59 Å². The molecule has 0 bridgehead atoms. The third-order valence-corrected chi connectivity index (χ3v) is 5.52. The van der Waals surface area contributed by atoms with Gasteiger partial charge in [0.15, 0.2) is 5.76 Å². The predicted octanol–water partition coefficient (Wildman–Crippen LogP) is 5.51. The summed E-state index contributed by atoms with van der Waals surface area (Å²) in [6.45, 7) is 2.39. The number of ether oxygens (including phenoxy) is 2. The molecule has 35 heavy (non-hydrogen) atoms. The first-order valence-electron chi connectivity index (χ1n) is 11.5. The Labute approximate surface area is 204 Å². The van der Waals surface area contributed by atoms with Gasteiger partial charge in [-0.25, -0.2) is 0 Å². The number of anilines is 1. The van der Waals surface area contributed by atoms with Gasteiger partial charge in [0.05, 0.1) is 12.8 Å². The molecule has 1 N–H and O–H groups in total. The molecule has 2 amide bonds. The second-order valence-electron chi connectivity index (χ2n) is 7.98. The molecule has 0 radical (unpaired) electrons. The van der Waals surface area contributed by atoms with Crippen LogP contribution in [-0.4, -0.2) is 36.9 Å². The maximum Gasteiger partial charge on any atom is 0.290 e. The zero-order chi connectivity index (χ0) is 24.6. The number of nitrogens with one attached hydrogen (secondary N) is 1. The highest BCUT2D eigenvalue weighted by molar-refractivity contribution is 6.02. The van der Waals surface area contributed by atoms with E-state index < -0.39 is 0 Å². The number of methoxy groups -OCH3 is 1. The first-order chi connectivity index (χ1) is 17.1. The first-order valence-corrected chi connectivity index (χ1v) is 11.5. The lowest BCUT2D eigenvalue weighted by Crippen LogP contribution is -2.38. The fourth-order valence-electron chi connectivity index (χ4n) is 3.86. The van der Waals surface area contributed by atoms with Crippen molar-refractivity contribution in [2.75, 3.05) is 25.5 Å². The van der Waals surface area contributed by atoms with Gasteiger partial charge >= 0.3 is 0 Å². The number of carbonyl (C=O) groups is 2. The van der Waals surface area contributed by atoms with Crippen LogP contribution < -0.4 is 14.8 Å². The molecular weight excluding hydrogens is 444 g/mol. The van der Waals surface area contributed by atoms with Gasteiger partial charge in [0.1, 0.15) is 30.2 Å². The highest BCUT2D eigenvalue weighted by Crippen LogP contribution is 2.29. The van der Waals surface area contributed by atoms with E-state index in [1.807, 2.05) is 67.6 Å². The standard InChI is InChI=1S/C28H28N2O5/c1-3-17-30(18-26(31)29-23-14-8-10-16-25(23)33-2)28(32)27-22(19-34-20-11-5-4-6-12-20)21-13-7-9-15-24(21)35-27/h4-16H,3,17-19H2,1-2H3,(H,29,31).